The topological polar surface area (TPSA) is 120 Å². The molecule has 12 heteroatoms. The molecule has 93 heavy (non-hydrogen) atoms. The van der Waals surface area contributed by atoms with Gasteiger partial charge in [0.05, 0.1) is 39.0 Å². The molecule has 0 aliphatic rings. The predicted molar refractivity (Wildman–Crippen MR) is 374 cm³/mol. The first-order chi connectivity index (χ1) is 49.8. The molecule has 0 N–H and O–H groups in total. The van der Waals surface area contributed by atoms with Crippen LogP contribution in [0.25, 0.3) is 133 Å². The molecule has 16 aromatic rings. The fraction of sp³-hybridized carbons (Fsp3) is 0.210. The van der Waals surface area contributed by atoms with Gasteiger partial charge in [-0.25, -0.2) is 28.2 Å². The molecule has 0 saturated heterocycles. The average molecular weight is 1240 g/mol. The zero-order valence-corrected chi connectivity index (χ0v) is 54.0. The first kappa shape index (κ1) is 47.2. The summed E-state index contributed by atoms with van der Waals surface area (Å²) in [5.41, 5.74) is 21.1. The van der Waals surface area contributed by atoms with E-state index in [4.69, 9.17) is 35.5 Å². The molecule has 12 heterocycles. The molecule has 0 aliphatic heterocycles. The lowest BCUT2D eigenvalue weighted by Crippen LogP contribution is -2.31. The Bertz CT molecular complexity index is 6170. The number of hydrogen-bond acceptors (Lipinski definition) is 8. The van der Waals surface area contributed by atoms with Gasteiger partial charge in [-0.15, -0.1) is 0 Å². The maximum Gasteiger partial charge on any atom is 0.227 e. The van der Waals surface area contributed by atoms with Crippen LogP contribution in [-0.2, 0) is 28.2 Å². The maximum atomic E-state index is 8.21. The number of rotatable bonds is 5. The second-order valence-electron chi connectivity index (χ2n) is 24.0. The van der Waals surface area contributed by atoms with Crippen molar-refractivity contribution in [1.29, 1.82) is 0 Å². The lowest BCUT2D eigenvalue weighted by molar-refractivity contribution is -0.660. The van der Waals surface area contributed by atoms with Crippen LogP contribution >= 0.6 is 0 Å². The van der Waals surface area contributed by atoms with E-state index < -0.39 is 33.3 Å². The SMILES string of the molecule is [2H]C(C)(C)c1ccc2c(n1)oc1ccc(C)c(-c3cccc[n+]3C)c12.[2H]C([2H])([2H])c1ccc(-c2c(C)ccc3oc4cc(C)ncc4c23)[n+](C)c1.[2H]C([2H])([2H])c1ccc(-c2c(C)ccc3oc4ccc(C)nc4c23)[n+](C)c1.[2H]C([2H])([2H])c1ccc(-c2c(C)nc(C([2H])([2H])[2H])c3oc4ccccc4c23)[n+](C)c1. The molecule has 462 valence electrons. The van der Waals surface area contributed by atoms with Gasteiger partial charge in [0.25, 0.3) is 0 Å². The molecule has 0 amide bonds. The fourth-order valence-corrected chi connectivity index (χ4v) is 12.6. The van der Waals surface area contributed by atoms with Gasteiger partial charge in [-0.1, -0.05) is 50.2 Å². The predicted octanol–water partition coefficient (Wildman–Crippen LogP) is 18.1. The van der Waals surface area contributed by atoms with Crippen molar-refractivity contribution in [1.82, 2.24) is 19.9 Å². The summed E-state index contributed by atoms with van der Waals surface area (Å²) in [6.07, 6.45) is 8.80. The van der Waals surface area contributed by atoms with Gasteiger partial charge in [-0.05, 0) is 164 Å². The van der Waals surface area contributed by atoms with Gasteiger partial charge in [0.15, 0.2) is 36.0 Å². The van der Waals surface area contributed by atoms with Gasteiger partial charge in [-0.2, -0.15) is 0 Å². The third-order valence-corrected chi connectivity index (χ3v) is 17.1. The highest BCUT2D eigenvalue weighted by atomic mass is 16.3. The van der Waals surface area contributed by atoms with Gasteiger partial charge in [0.1, 0.15) is 61.6 Å². The van der Waals surface area contributed by atoms with Crippen LogP contribution in [0.4, 0.5) is 0 Å². The summed E-state index contributed by atoms with van der Waals surface area (Å²) in [5, 5.41) is 6.45. The molecule has 12 aromatic heterocycles. The highest BCUT2D eigenvalue weighted by Gasteiger charge is 2.26. The van der Waals surface area contributed by atoms with Crippen LogP contribution in [0.15, 0.2) is 194 Å². The molecule has 0 bridgehead atoms. The van der Waals surface area contributed by atoms with Crippen molar-refractivity contribution in [3.05, 3.63) is 238 Å². The Kier molecular flexibility index (Phi) is 12.4. The molecule has 0 fully saturated rings. The Balaban J connectivity index is 0.000000125. The minimum atomic E-state index is -2.43. The molecule has 0 atom stereocenters. The molecule has 0 spiro atoms. The minimum absolute atomic E-state index is 0.0771. The smallest absolute Gasteiger partial charge is 0.227 e. The Morgan fingerprint density at radius 1 is 0.409 bits per heavy atom. The Hall–Kier alpha value is -10.7. The quantitative estimate of drug-likeness (QED) is 0.156. The molecule has 0 aliphatic carbocycles. The van der Waals surface area contributed by atoms with E-state index in [0.29, 0.717) is 39.2 Å². The molecule has 0 unspecified atom stereocenters. The molecule has 16 rings (SSSR count). The van der Waals surface area contributed by atoms with E-state index in [1.807, 2.05) is 168 Å². The van der Waals surface area contributed by atoms with E-state index in [0.717, 1.165) is 128 Å². The lowest BCUT2D eigenvalue weighted by Gasteiger charge is -2.08. The fourth-order valence-electron chi connectivity index (χ4n) is 12.6. The van der Waals surface area contributed by atoms with E-state index in [1.165, 1.54) is 11.1 Å². The van der Waals surface area contributed by atoms with Gasteiger partial charge in [0.2, 0.25) is 28.5 Å². The summed E-state index contributed by atoms with van der Waals surface area (Å²) in [4.78, 5) is 18.1. The van der Waals surface area contributed by atoms with Crippen LogP contribution in [0.3, 0.4) is 0 Å². The Morgan fingerprint density at radius 2 is 0.957 bits per heavy atom. The summed E-state index contributed by atoms with van der Waals surface area (Å²) in [6, 6.07) is 45.7. The zero-order valence-electron chi connectivity index (χ0n) is 67.0. The number of para-hydroxylation sites is 1. The molecule has 0 radical (unpaired) electrons. The summed E-state index contributed by atoms with van der Waals surface area (Å²) >= 11 is 0. The maximum absolute atomic E-state index is 8.21. The molecule has 0 saturated carbocycles. The number of nitrogens with zero attached hydrogens (tertiary/aromatic N) is 8. The van der Waals surface area contributed by atoms with E-state index in [1.54, 1.807) is 67.5 Å². The van der Waals surface area contributed by atoms with E-state index in [9.17, 15) is 0 Å². The van der Waals surface area contributed by atoms with Crippen LogP contribution in [0, 0.1) is 68.9 Å². The first-order valence-electron chi connectivity index (χ1n) is 37.1. The minimum Gasteiger partial charge on any atom is -0.456 e. The van der Waals surface area contributed by atoms with E-state index in [-0.39, 0.29) is 16.8 Å². The third-order valence-electron chi connectivity index (χ3n) is 17.1. The standard InChI is InChI=1S/C21H21N2O.3C20H19N2O/c1-13(2)16-10-9-15-20-18(24-21(15)22-16)11-8-14(3)19(20)17-7-5-6-12-23(17)4;1-12-5-8-15(22(4)11-12)18-13(2)6-9-16-19(18)20-17(23-16)10-7-14(3)21-20;1-12-5-7-16(22(4)11-12)19-13(2)6-8-17-20(19)15-10-21-14(3)9-18(15)23-17;1-12-9-10-16(22(4)11-12)18-13(2)21-14(3)20-19(18)15-7-5-6-8-17(15)23-20/h5-13H,1-4H3;3*5-11H,1-4H3/q4*+1/i13D;2*1D3;1D3,3D3. The number of aryl methyl sites for hydroxylation is 14. The van der Waals surface area contributed by atoms with Crippen molar-refractivity contribution in [2.24, 2.45) is 28.2 Å². The number of aromatic nitrogens is 8. The Labute approximate surface area is 560 Å². The molecular formula is C81H78N8O4+4. The molecular weight excluding hydrogens is 1150 g/mol. The van der Waals surface area contributed by atoms with Crippen molar-refractivity contribution in [2.75, 3.05) is 0 Å². The lowest BCUT2D eigenvalue weighted by atomic mass is 9.98. The van der Waals surface area contributed by atoms with Crippen molar-refractivity contribution in [3.8, 4) is 45.0 Å². The van der Waals surface area contributed by atoms with Crippen molar-refractivity contribution in [3.63, 3.8) is 0 Å². The largest absolute Gasteiger partial charge is 0.456 e. The van der Waals surface area contributed by atoms with Crippen molar-refractivity contribution >= 4 is 88.0 Å². The first-order valence-corrected chi connectivity index (χ1v) is 30.6. The zero-order chi connectivity index (χ0) is 76.2. The van der Waals surface area contributed by atoms with Gasteiger partial charge in [0, 0.05) is 127 Å². The van der Waals surface area contributed by atoms with E-state index in [2.05, 4.69) is 62.9 Å². The molecule has 4 aromatic carbocycles. The van der Waals surface area contributed by atoms with Gasteiger partial charge in [-0.3, -0.25) is 9.97 Å². The van der Waals surface area contributed by atoms with Gasteiger partial charge < -0.3 is 17.7 Å². The highest BCUT2D eigenvalue weighted by Crippen LogP contribution is 2.42. The second-order valence-corrected chi connectivity index (χ2v) is 24.0. The average Bonchev–Trinajstić information content (AvgIpc) is 1.55. The van der Waals surface area contributed by atoms with Crippen LogP contribution in [0.1, 0.15) is 99.4 Å². The van der Waals surface area contributed by atoms with Crippen LogP contribution < -0.4 is 18.3 Å². The summed E-state index contributed by atoms with van der Waals surface area (Å²) in [5.74, 6) is -0.752. The van der Waals surface area contributed by atoms with Crippen LogP contribution in [0.2, 0.25) is 0 Å². The van der Waals surface area contributed by atoms with E-state index >= 15 is 0 Å². The summed E-state index contributed by atoms with van der Waals surface area (Å²) in [7, 11) is 7.54. The Morgan fingerprint density at radius 3 is 1.56 bits per heavy atom. The second kappa shape index (κ2) is 24.5. The number of pyridine rings is 8. The number of fused-ring (bicyclic) bond motifs is 12. The molecule has 12 nitrogen and oxygen atoms in total. The van der Waals surface area contributed by atoms with Crippen LogP contribution in [0.5, 0.6) is 0 Å². The van der Waals surface area contributed by atoms with Crippen molar-refractivity contribution in [2.45, 2.75) is 88.7 Å². The monoisotopic (exact) mass is 1240 g/mol. The van der Waals surface area contributed by atoms with Gasteiger partial charge >= 0.3 is 0 Å². The number of benzene rings is 4. The number of furan rings is 4. The normalized spacial score (nSPS) is 14.3. The number of hydrogen-bond donors (Lipinski definition) is 0. The highest BCUT2D eigenvalue weighted by molar-refractivity contribution is 6.15. The summed E-state index contributed by atoms with van der Waals surface area (Å²) < 4.78 is 132. The third kappa shape index (κ3) is 11.3. The summed E-state index contributed by atoms with van der Waals surface area (Å²) in [6.45, 7) is 6.64. The van der Waals surface area contributed by atoms with Crippen molar-refractivity contribution < 1.29 is 53.8 Å². The van der Waals surface area contributed by atoms with Crippen LogP contribution in [-0.4, -0.2) is 19.9 Å².